The number of carbonyl (C=O) groups excluding carboxylic acids is 1. The Labute approximate surface area is 161 Å². The molecule has 1 aliphatic rings. The first kappa shape index (κ1) is 19.2. The number of carbonyl (C=O) groups is 1. The van der Waals surface area contributed by atoms with Crippen LogP contribution in [0.2, 0.25) is 0 Å². The molecule has 1 heterocycles. The van der Waals surface area contributed by atoms with Crippen molar-refractivity contribution >= 4 is 23.0 Å². The maximum atomic E-state index is 12.5. The van der Waals surface area contributed by atoms with Gasteiger partial charge in [-0.25, -0.2) is 0 Å². The third kappa shape index (κ3) is 5.23. The van der Waals surface area contributed by atoms with Gasteiger partial charge in [0.15, 0.2) is 0 Å². The molecule has 2 aromatic carbocycles. The van der Waals surface area contributed by atoms with Gasteiger partial charge in [-0.15, -0.1) is 0 Å². The van der Waals surface area contributed by atoms with Gasteiger partial charge in [0.2, 0.25) is 5.91 Å². The minimum absolute atomic E-state index is 0.0518. The van der Waals surface area contributed by atoms with Crippen LogP contribution in [0, 0.1) is 0 Å². The van der Waals surface area contributed by atoms with E-state index in [2.05, 4.69) is 41.5 Å². The molecule has 0 bridgehead atoms. The zero-order valence-electron chi connectivity index (χ0n) is 16.4. The van der Waals surface area contributed by atoms with E-state index in [0.717, 1.165) is 43.4 Å². The van der Waals surface area contributed by atoms with E-state index in [1.54, 1.807) is 0 Å². The molecule has 2 aromatic rings. The molecule has 0 unspecified atom stereocenters. The number of ether oxygens (including phenoxy) is 1. The molecule has 5 nitrogen and oxygen atoms in total. The van der Waals surface area contributed by atoms with E-state index in [4.69, 9.17) is 4.74 Å². The fourth-order valence-corrected chi connectivity index (χ4v) is 3.13. The topological polar surface area (TPSA) is 53.6 Å². The first-order valence-corrected chi connectivity index (χ1v) is 9.63. The largest absolute Gasteiger partial charge is 0.378 e. The molecule has 3 rings (SSSR count). The molecule has 0 aliphatic carbocycles. The van der Waals surface area contributed by atoms with Crippen LogP contribution in [0.1, 0.15) is 32.3 Å². The number of morpholine rings is 1. The standard InChI is InChI=1S/C22H29N3O2/c1-16(2)18-5-4-6-20(15-18)23-17(3)22(26)24-19-7-9-21(10-8-19)25-11-13-27-14-12-25/h4-10,15-17,23H,11-14H2,1-3H3,(H,24,26)/t17-/m1/s1. The van der Waals surface area contributed by atoms with Crippen molar-refractivity contribution in [3.8, 4) is 0 Å². The molecule has 0 aromatic heterocycles. The lowest BCUT2D eigenvalue weighted by molar-refractivity contribution is -0.116. The average Bonchev–Trinajstić information content (AvgIpc) is 2.69. The van der Waals surface area contributed by atoms with Gasteiger partial charge in [-0.05, 0) is 54.8 Å². The summed E-state index contributed by atoms with van der Waals surface area (Å²) in [6.07, 6.45) is 0. The summed E-state index contributed by atoms with van der Waals surface area (Å²) in [7, 11) is 0. The van der Waals surface area contributed by atoms with E-state index in [1.165, 1.54) is 5.56 Å². The average molecular weight is 367 g/mol. The Morgan fingerprint density at radius 1 is 1.00 bits per heavy atom. The molecular weight excluding hydrogens is 338 g/mol. The SMILES string of the molecule is CC(C)c1cccc(N[C@H](C)C(=O)Nc2ccc(N3CCOCC3)cc2)c1. The highest BCUT2D eigenvalue weighted by molar-refractivity contribution is 5.96. The van der Waals surface area contributed by atoms with Crippen molar-refractivity contribution in [1.82, 2.24) is 0 Å². The Kier molecular flexibility index (Phi) is 6.35. The molecule has 1 amide bonds. The zero-order valence-corrected chi connectivity index (χ0v) is 16.4. The molecule has 1 saturated heterocycles. The fourth-order valence-electron chi connectivity index (χ4n) is 3.13. The summed E-state index contributed by atoms with van der Waals surface area (Å²) in [6.45, 7) is 9.54. The van der Waals surface area contributed by atoms with Crippen LogP contribution in [-0.2, 0) is 9.53 Å². The van der Waals surface area contributed by atoms with Crippen LogP contribution in [0.25, 0.3) is 0 Å². The van der Waals surface area contributed by atoms with Gasteiger partial charge in [-0.2, -0.15) is 0 Å². The van der Waals surface area contributed by atoms with E-state index in [9.17, 15) is 4.79 Å². The van der Waals surface area contributed by atoms with Gasteiger partial charge in [0, 0.05) is 30.2 Å². The first-order chi connectivity index (χ1) is 13.0. The van der Waals surface area contributed by atoms with Crippen LogP contribution < -0.4 is 15.5 Å². The maximum absolute atomic E-state index is 12.5. The van der Waals surface area contributed by atoms with E-state index in [-0.39, 0.29) is 11.9 Å². The second-order valence-electron chi connectivity index (χ2n) is 7.28. The van der Waals surface area contributed by atoms with E-state index >= 15 is 0 Å². The molecular formula is C22H29N3O2. The maximum Gasteiger partial charge on any atom is 0.246 e. The lowest BCUT2D eigenvalue weighted by Crippen LogP contribution is -2.36. The summed E-state index contributed by atoms with van der Waals surface area (Å²) < 4.78 is 5.39. The molecule has 1 atom stereocenters. The highest BCUT2D eigenvalue weighted by atomic mass is 16.5. The summed E-state index contributed by atoms with van der Waals surface area (Å²) in [5.41, 5.74) is 4.19. The summed E-state index contributed by atoms with van der Waals surface area (Å²) in [4.78, 5) is 14.8. The van der Waals surface area contributed by atoms with Gasteiger partial charge in [-0.1, -0.05) is 26.0 Å². The predicted octanol–water partition coefficient (Wildman–Crippen LogP) is 4.09. The highest BCUT2D eigenvalue weighted by Gasteiger charge is 2.14. The van der Waals surface area contributed by atoms with E-state index < -0.39 is 0 Å². The Morgan fingerprint density at radius 2 is 1.70 bits per heavy atom. The predicted molar refractivity (Wildman–Crippen MR) is 112 cm³/mol. The Balaban J connectivity index is 1.57. The lowest BCUT2D eigenvalue weighted by atomic mass is 10.0. The second-order valence-corrected chi connectivity index (χ2v) is 7.28. The zero-order chi connectivity index (χ0) is 19.2. The Bertz CT molecular complexity index is 752. The third-order valence-corrected chi connectivity index (χ3v) is 4.84. The van der Waals surface area contributed by atoms with Crippen LogP contribution in [0.3, 0.4) is 0 Å². The summed E-state index contributed by atoms with van der Waals surface area (Å²) in [5.74, 6) is 0.407. The van der Waals surface area contributed by atoms with Crippen LogP contribution in [0.5, 0.6) is 0 Å². The van der Waals surface area contributed by atoms with Gasteiger partial charge in [0.05, 0.1) is 13.2 Å². The number of hydrogen-bond acceptors (Lipinski definition) is 4. The van der Waals surface area contributed by atoms with Crippen molar-refractivity contribution in [2.45, 2.75) is 32.7 Å². The van der Waals surface area contributed by atoms with Crippen LogP contribution in [-0.4, -0.2) is 38.3 Å². The molecule has 1 aliphatic heterocycles. The van der Waals surface area contributed by atoms with Crippen LogP contribution in [0.15, 0.2) is 48.5 Å². The highest BCUT2D eigenvalue weighted by Crippen LogP contribution is 2.21. The summed E-state index contributed by atoms with van der Waals surface area (Å²) in [6, 6.07) is 15.9. The van der Waals surface area contributed by atoms with Crippen molar-refractivity contribution in [1.29, 1.82) is 0 Å². The molecule has 27 heavy (non-hydrogen) atoms. The molecule has 0 spiro atoms. The smallest absolute Gasteiger partial charge is 0.246 e. The van der Waals surface area contributed by atoms with Gasteiger partial charge < -0.3 is 20.3 Å². The van der Waals surface area contributed by atoms with Crippen LogP contribution >= 0.6 is 0 Å². The van der Waals surface area contributed by atoms with Crippen molar-refractivity contribution < 1.29 is 9.53 Å². The lowest BCUT2D eigenvalue weighted by Gasteiger charge is -2.29. The third-order valence-electron chi connectivity index (χ3n) is 4.84. The molecule has 144 valence electrons. The molecule has 0 radical (unpaired) electrons. The molecule has 5 heteroatoms. The number of nitrogens with one attached hydrogen (secondary N) is 2. The Hall–Kier alpha value is -2.53. The molecule has 0 saturated carbocycles. The van der Waals surface area contributed by atoms with Crippen molar-refractivity contribution in [3.63, 3.8) is 0 Å². The van der Waals surface area contributed by atoms with Crippen LogP contribution in [0.4, 0.5) is 17.1 Å². The van der Waals surface area contributed by atoms with E-state index in [1.807, 2.05) is 43.3 Å². The quantitative estimate of drug-likeness (QED) is 0.808. The normalized spacial score (nSPS) is 15.5. The number of rotatable bonds is 6. The second kappa shape index (κ2) is 8.91. The minimum atomic E-state index is -0.327. The number of hydrogen-bond donors (Lipinski definition) is 2. The number of nitrogens with zero attached hydrogens (tertiary/aromatic N) is 1. The van der Waals surface area contributed by atoms with Crippen molar-refractivity contribution in [2.75, 3.05) is 41.8 Å². The number of anilines is 3. The summed E-state index contributed by atoms with van der Waals surface area (Å²) >= 11 is 0. The minimum Gasteiger partial charge on any atom is -0.378 e. The monoisotopic (exact) mass is 367 g/mol. The molecule has 1 fully saturated rings. The van der Waals surface area contributed by atoms with Gasteiger partial charge in [0.1, 0.15) is 6.04 Å². The van der Waals surface area contributed by atoms with Crippen molar-refractivity contribution in [2.24, 2.45) is 0 Å². The first-order valence-electron chi connectivity index (χ1n) is 9.63. The molecule has 2 N–H and O–H groups in total. The number of amides is 1. The fraction of sp³-hybridized carbons (Fsp3) is 0.409. The van der Waals surface area contributed by atoms with Gasteiger partial charge >= 0.3 is 0 Å². The Morgan fingerprint density at radius 3 is 2.37 bits per heavy atom. The van der Waals surface area contributed by atoms with Gasteiger partial charge in [0.25, 0.3) is 0 Å². The summed E-state index contributed by atoms with van der Waals surface area (Å²) in [5, 5.41) is 6.27. The number of benzene rings is 2. The van der Waals surface area contributed by atoms with E-state index in [0.29, 0.717) is 5.92 Å². The van der Waals surface area contributed by atoms with Crippen molar-refractivity contribution in [3.05, 3.63) is 54.1 Å². The van der Waals surface area contributed by atoms with Gasteiger partial charge in [-0.3, -0.25) is 4.79 Å².